The number of aromatic nitrogens is 2. The largest absolute Gasteiger partial charge is 0.375 e. The lowest BCUT2D eigenvalue weighted by atomic mass is 9.89. The van der Waals surface area contributed by atoms with Gasteiger partial charge in [-0.25, -0.2) is 5.10 Å². The first-order chi connectivity index (χ1) is 11.1. The molecule has 1 atom stereocenters. The number of carbonyl (C=O) groups excluding carboxylic acids is 1. The van der Waals surface area contributed by atoms with E-state index >= 15 is 0 Å². The Balaban J connectivity index is 1.87. The summed E-state index contributed by atoms with van der Waals surface area (Å²) in [6.07, 6.45) is -0.0207. The maximum absolute atomic E-state index is 12.3. The highest BCUT2D eigenvalue weighted by Crippen LogP contribution is 2.38. The SMILES string of the molecule is O=C1Nc2ccccc2[C@@]1(O)Cc1n[nH]c(=O)c2ccccc12. The zero-order valence-electron chi connectivity index (χ0n) is 12.0. The number of amides is 1. The lowest BCUT2D eigenvalue weighted by Gasteiger charge is -2.20. The van der Waals surface area contributed by atoms with E-state index in [9.17, 15) is 14.7 Å². The van der Waals surface area contributed by atoms with Gasteiger partial charge in [-0.15, -0.1) is 0 Å². The summed E-state index contributed by atoms with van der Waals surface area (Å²) < 4.78 is 0. The van der Waals surface area contributed by atoms with Crippen LogP contribution >= 0.6 is 0 Å². The molecule has 0 saturated carbocycles. The molecule has 1 aromatic heterocycles. The molecule has 1 aliphatic heterocycles. The summed E-state index contributed by atoms with van der Waals surface area (Å²) in [6.45, 7) is 0. The van der Waals surface area contributed by atoms with Crippen molar-refractivity contribution >= 4 is 22.4 Å². The molecular weight excluding hydrogens is 294 g/mol. The third-order valence-corrected chi connectivity index (χ3v) is 4.19. The molecule has 0 radical (unpaired) electrons. The quantitative estimate of drug-likeness (QED) is 0.665. The molecule has 3 aromatic rings. The Hall–Kier alpha value is -2.99. The fraction of sp³-hybridized carbons (Fsp3) is 0.118. The summed E-state index contributed by atoms with van der Waals surface area (Å²) in [5.74, 6) is -0.490. The molecule has 1 amide bonds. The van der Waals surface area contributed by atoms with Crippen LogP contribution in [0.25, 0.3) is 10.8 Å². The number of aromatic amines is 1. The topological polar surface area (TPSA) is 95.1 Å². The average Bonchev–Trinajstić information content (AvgIpc) is 2.82. The van der Waals surface area contributed by atoms with Gasteiger partial charge in [0.05, 0.1) is 11.1 Å². The minimum absolute atomic E-state index is 0.0207. The van der Waals surface area contributed by atoms with Crippen molar-refractivity contribution in [3.05, 3.63) is 70.1 Å². The zero-order valence-corrected chi connectivity index (χ0v) is 12.0. The second-order valence-corrected chi connectivity index (χ2v) is 5.58. The number of nitrogens with zero attached hydrogens (tertiary/aromatic N) is 1. The molecule has 0 unspecified atom stereocenters. The van der Waals surface area contributed by atoms with E-state index in [2.05, 4.69) is 15.5 Å². The third-order valence-electron chi connectivity index (χ3n) is 4.19. The van der Waals surface area contributed by atoms with E-state index in [0.29, 0.717) is 27.7 Å². The maximum Gasteiger partial charge on any atom is 0.272 e. The van der Waals surface area contributed by atoms with E-state index in [-0.39, 0.29) is 12.0 Å². The lowest BCUT2D eigenvalue weighted by molar-refractivity contribution is -0.133. The summed E-state index contributed by atoms with van der Waals surface area (Å²) in [7, 11) is 0. The molecule has 114 valence electrons. The van der Waals surface area contributed by atoms with E-state index in [1.807, 2.05) is 0 Å². The number of hydrogen-bond donors (Lipinski definition) is 3. The fourth-order valence-electron chi connectivity index (χ4n) is 3.02. The number of aliphatic hydroxyl groups is 1. The van der Waals surface area contributed by atoms with E-state index < -0.39 is 11.5 Å². The molecular formula is C17H13N3O3. The molecule has 3 N–H and O–H groups in total. The van der Waals surface area contributed by atoms with Gasteiger partial charge < -0.3 is 10.4 Å². The molecule has 4 rings (SSSR count). The molecule has 0 bridgehead atoms. The van der Waals surface area contributed by atoms with Gasteiger partial charge in [0.2, 0.25) is 0 Å². The minimum atomic E-state index is -1.70. The van der Waals surface area contributed by atoms with Crippen LogP contribution in [-0.4, -0.2) is 21.2 Å². The molecule has 1 aliphatic rings. The van der Waals surface area contributed by atoms with Gasteiger partial charge in [-0.2, -0.15) is 5.10 Å². The molecule has 23 heavy (non-hydrogen) atoms. The summed E-state index contributed by atoms with van der Waals surface area (Å²) in [5, 5.41) is 21.2. The van der Waals surface area contributed by atoms with Crippen molar-refractivity contribution in [1.29, 1.82) is 0 Å². The molecule has 2 heterocycles. The molecule has 0 fully saturated rings. The van der Waals surface area contributed by atoms with Crippen LogP contribution in [0.15, 0.2) is 53.3 Å². The normalized spacial score (nSPS) is 19.6. The number of anilines is 1. The number of hydrogen-bond acceptors (Lipinski definition) is 4. The molecule has 2 aromatic carbocycles. The summed E-state index contributed by atoms with van der Waals surface area (Å²) in [4.78, 5) is 24.2. The highest BCUT2D eigenvalue weighted by molar-refractivity contribution is 6.05. The first-order valence-electron chi connectivity index (χ1n) is 7.19. The Morgan fingerprint density at radius 2 is 1.70 bits per heavy atom. The molecule has 6 heteroatoms. The highest BCUT2D eigenvalue weighted by Gasteiger charge is 2.45. The summed E-state index contributed by atoms with van der Waals surface area (Å²) in [6, 6.07) is 14.0. The van der Waals surface area contributed by atoms with Crippen molar-refractivity contribution < 1.29 is 9.90 Å². The highest BCUT2D eigenvalue weighted by atomic mass is 16.3. The third kappa shape index (κ3) is 1.96. The number of rotatable bonds is 2. The second kappa shape index (κ2) is 4.76. The van der Waals surface area contributed by atoms with Crippen LogP contribution in [-0.2, 0) is 16.8 Å². The predicted molar refractivity (Wildman–Crippen MR) is 85.0 cm³/mol. The van der Waals surface area contributed by atoms with E-state index in [0.717, 1.165) is 0 Å². The van der Waals surface area contributed by atoms with Crippen LogP contribution in [0.2, 0.25) is 0 Å². The van der Waals surface area contributed by atoms with E-state index in [4.69, 9.17) is 0 Å². The van der Waals surface area contributed by atoms with Gasteiger partial charge in [0.1, 0.15) is 0 Å². The second-order valence-electron chi connectivity index (χ2n) is 5.58. The summed E-state index contributed by atoms with van der Waals surface area (Å²) in [5.41, 5.74) is -0.428. The van der Waals surface area contributed by atoms with Crippen LogP contribution in [0.5, 0.6) is 0 Å². The van der Waals surface area contributed by atoms with Crippen molar-refractivity contribution in [2.24, 2.45) is 0 Å². The van der Waals surface area contributed by atoms with Crippen molar-refractivity contribution in [2.75, 3.05) is 5.32 Å². The Bertz CT molecular complexity index is 996. The molecule has 0 saturated heterocycles. The van der Waals surface area contributed by atoms with Crippen LogP contribution in [0.4, 0.5) is 5.69 Å². The van der Waals surface area contributed by atoms with Crippen molar-refractivity contribution in [3.63, 3.8) is 0 Å². The smallest absolute Gasteiger partial charge is 0.272 e. The average molecular weight is 307 g/mol. The first kappa shape index (κ1) is 13.7. The Morgan fingerprint density at radius 1 is 1.00 bits per heavy atom. The Labute approximate surface area is 130 Å². The van der Waals surface area contributed by atoms with Gasteiger partial charge in [-0.1, -0.05) is 36.4 Å². The van der Waals surface area contributed by atoms with Crippen LogP contribution in [0.3, 0.4) is 0 Å². The van der Waals surface area contributed by atoms with Crippen LogP contribution in [0.1, 0.15) is 11.3 Å². The Morgan fingerprint density at radius 3 is 2.52 bits per heavy atom. The molecule has 6 nitrogen and oxygen atoms in total. The zero-order chi connectivity index (χ0) is 16.0. The number of nitrogens with one attached hydrogen (secondary N) is 2. The van der Waals surface area contributed by atoms with Crippen molar-refractivity contribution in [2.45, 2.75) is 12.0 Å². The number of benzene rings is 2. The van der Waals surface area contributed by atoms with Gasteiger partial charge in [-0.3, -0.25) is 9.59 Å². The van der Waals surface area contributed by atoms with Crippen LogP contribution < -0.4 is 10.9 Å². The Kier molecular flexibility index (Phi) is 2.82. The monoisotopic (exact) mass is 307 g/mol. The number of H-pyrrole nitrogens is 1. The van der Waals surface area contributed by atoms with Gasteiger partial charge >= 0.3 is 0 Å². The van der Waals surface area contributed by atoms with Gasteiger partial charge in [0, 0.05) is 23.1 Å². The van der Waals surface area contributed by atoms with Gasteiger partial charge in [0.15, 0.2) is 5.60 Å². The van der Waals surface area contributed by atoms with Gasteiger partial charge in [0.25, 0.3) is 11.5 Å². The predicted octanol–water partition coefficient (Wildman–Crippen LogP) is 1.31. The van der Waals surface area contributed by atoms with Crippen molar-refractivity contribution in [1.82, 2.24) is 10.2 Å². The fourth-order valence-corrected chi connectivity index (χ4v) is 3.02. The van der Waals surface area contributed by atoms with E-state index in [1.54, 1.807) is 48.5 Å². The molecule has 0 spiro atoms. The van der Waals surface area contributed by atoms with E-state index in [1.165, 1.54) is 0 Å². The van der Waals surface area contributed by atoms with Gasteiger partial charge in [-0.05, 0) is 12.1 Å². The minimum Gasteiger partial charge on any atom is -0.375 e. The van der Waals surface area contributed by atoms with Crippen LogP contribution in [0, 0.1) is 0 Å². The number of para-hydroxylation sites is 1. The standard InChI is InChI=1S/C17H13N3O3/c21-15-11-6-2-1-5-10(11)14(19-20-15)9-17(23)12-7-3-4-8-13(12)18-16(17)22/h1-8,23H,9H2,(H,18,22)(H,20,21)/t17-/m0/s1. The number of carbonyl (C=O) groups is 1. The lowest BCUT2D eigenvalue weighted by Crippen LogP contribution is -2.37. The first-order valence-corrected chi connectivity index (χ1v) is 7.19. The molecule has 0 aliphatic carbocycles. The summed E-state index contributed by atoms with van der Waals surface area (Å²) >= 11 is 0. The number of fused-ring (bicyclic) bond motifs is 2. The maximum atomic E-state index is 12.3. The van der Waals surface area contributed by atoms with Crippen molar-refractivity contribution in [3.8, 4) is 0 Å².